The lowest BCUT2D eigenvalue weighted by Gasteiger charge is -2.17. The number of rotatable bonds is 6. The predicted molar refractivity (Wildman–Crippen MR) is 83.8 cm³/mol. The number of imidazole rings is 1. The molecule has 1 atom stereocenters. The van der Waals surface area contributed by atoms with Crippen LogP contribution in [0, 0.1) is 6.92 Å². The lowest BCUT2D eigenvalue weighted by molar-refractivity contribution is 0.0698. The number of aromatic carboxylic acids is 1. The normalized spacial score (nSPS) is 12.8. The number of aromatic nitrogens is 2. The third-order valence-corrected chi connectivity index (χ3v) is 4.37. The van der Waals surface area contributed by atoms with Gasteiger partial charge in [-0.3, -0.25) is 0 Å². The number of carboxylic acids is 1. The lowest BCUT2D eigenvalue weighted by atomic mass is 10.1. The fourth-order valence-electron chi connectivity index (χ4n) is 2.50. The van der Waals surface area contributed by atoms with Crippen LogP contribution in [0.25, 0.3) is 11.0 Å². The maximum Gasteiger partial charge on any atom is 0.337 e. The number of benzene rings is 1. The van der Waals surface area contributed by atoms with Crippen LogP contribution < -0.4 is 0 Å². The Hall–Kier alpha value is -1.49. The van der Waals surface area contributed by atoms with Crippen molar-refractivity contribution in [3.63, 3.8) is 0 Å². The number of para-hydroxylation sites is 1. The Kier molecular flexibility index (Phi) is 4.70. The molecule has 1 aromatic heterocycles. The van der Waals surface area contributed by atoms with Crippen molar-refractivity contribution >= 4 is 28.8 Å². The molecule has 0 saturated carbocycles. The summed E-state index contributed by atoms with van der Waals surface area (Å²) < 4.78 is 2.06. The molecule has 1 aromatic carbocycles. The number of nitrogens with zero attached hydrogens (tertiary/aromatic N) is 2. The molecule has 0 amide bonds. The van der Waals surface area contributed by atoms with E-state index in [1.165, 1.54) is 0 Å². The molecular formula is C15H20N2O2S. The van der Waals surface area contributed by atoms with Crippen molar-refractivity contribution in [3.05, 3.63) is 29.6 Å². The molecule has 0 aliphatic rings. The van der Waals surface area contributed by atoms with Gasteiger partial charge in [0.1, 0.15) is 5.82 Å². The van der Waals surface area contributed by atoms with Gasteiger partial charge in [0.2, 0.25) is 0 Å². The largest absolute Gasteiger partial charge is 0.478 e. The van der Waals surface area contributed by atoms with Crippen LogP contribution in [0.4, 0.5) is 0 Å². The van der Waals surface area contributed by atoms with Crippen molar-refractivity contribution in [1.29, 1.82) is 0 Å². The van der Waals surface area contributed by atoms with Crippen LogP contribution in [0.1, 0.15) is 42.5 Å². The minimum atomic E-state index is -0.896. The van der Waals surface area contributed by atoms with Gasteiger partial charge in [0.05, 0.1) is 16.6 Å². The van der Waals surface area contributed by atoms with E-state index >= 15 is 0 Å². The summed E-state index contributed by atoms with van der Waals surface area (Å²) in [5.74, 6) is 2.16. The summed E-state index contributed by atoms with van der Waals surface area (Å²) in [6.45, 7) is 6.22. The maximum absolute atomic E-state index is 11.4. The molecule has 5 heteroatoms. The van der Waals surface area contributed by atoms with Crippen molar-refractivity contribution in [3.8, 4) is 0 Å². The molecule has 2 aromatic rings. The van der Waals surface area contributed by atoms with E-state index in [4.69, 9.17) is 0 Å². The number of aryl methyl sites for hydroxylation is 1. The Morgan fingerprint density at radius 1 is 1.50 bits per heavy atom. The first-order valence-corrected chi connectivity index (χ1v) is 8.00. The summed E-state index contributed by atoms with van der Waals surface area (Å²) in [5, 5.41) is 9.37. The molecule has 1 N–H and O–H groups in total. The van der Waals surface area contributed by atoms with Crippen molar-refractivity contribution < 1.29 is 9.90 Å². The lowest BCUT2D eigenvalue weighted by Crippen LogP contribution is -2.10. The van der Waals surface area contributed by atoms with Crippen LogP contribution in [-0.2, 0) is 0 Å². The highest BCUT2D eigenvalue weighted by molar-refractivity contribution is 7.99. The second-order valence-electron chi connectivity index (χ2n) is 4.84. The summed E-state index contributed by atoms with van der Waals surface area (Å²) in [4.78, 5) is 15.9. The summed E-state index contributed by atoms with van der Waals surface area (Å²) in [6, 6.07) is 5.52. The zero-order valence-electron chi connectivity index (χ0n) is 12.1. The fraction of sp³-hybridized carbons (Fsp3) is 0.467. The van der Waals surface area contributed by atoms with E-state index in [2.05, 4.69) is 23.4 Å². The zero-order chi connectivity index (χ0) is 14.7. The molecule has 108 valence electrons. The number of hydrogen-bond acceptors (Lipinski definition) is 3. The molecule has 0 aliphatic heterocycles. The monoisotopic (exact) mass is 292 g/mol. The number of hydrogen-bond donors (Lipinski definition) is 1. The molecule has 1 unspecified atom stereocenters. The van der Waals surface area contributed by atoms with Crippen LogP contribution in [0.5, 0.6) is 0 Å². The minimum absolute atomic E-state index is 0.250. The van der Waals surface area contributed by atoms with Gasteiger partial charge in [-0.05, 0) is 43.9 Å². The van der Waals surface area contributed by atoms with E-state index in [0.29, 0.717) is 5.56 Å². The van der Waals surface area contributed by atoms with Gasteiger partial charge in [-0.1, -0.05) is 13.0 Å². The SMILES string of the molecule is CCSCCC(C)n1c(C)nc2cccc(C(=O)O)c21. The van der Waals surface area contributed by atoms with Crippen LogP contribution in [0.3, 0.4) is 0 Å². The molecule has 4 nitrogen and oxygen atoms in total. The van der Waals surface area contributed by atoms with Crippen LogP contribution in [-0.4, -0.2) is 32.1 Å². The second kappa shape index (κ2) is 6.31. The maximum atomic E-state index is 11.4. The van der Waals surface area contributed by atoms with Crippen LogP contribution >= 0.6 is 11.8 Å². The van der Waals surface area contributed by atoms with E-state index in [1.807, 2.05) is 24.8 Å². The fourth-order valence-corrected chi connectivity index (χ4v) is 3.30. The average molecular weight is 292 g/mol. The standard InChI is InChI=1S/C15H20N2O2S/c1-4-20-9-8-10(2)17-11(3)16-13-7-5-6-12(14(13)17)15(18)19/h5-7,10H,4,8-9H2,1-3H3,(H,18,19). The third kappa shape index (κ3) is 2.82. The van der Waals surface area contributed by atoms with Gasteiger partial charge in [0.25, 0.3) is 0 Å². The Morgan fingerprint density at radius 3 is 2.90 bits per heavy atom. The number of carboxylic acid groups (broad SMARTS) is 1. The van der Waals surface area contributed by atoms with Crippen molar-refractivity contribution in [2.75, 3.05) is 11.5 Å². The van der Waals surface area contributed by atoms with Gasteiger partial charge >= 0.3 is 5.97 Å². The van der Waals surface area contributed by atoms with Crippen LogP contribution in [0.2, 0.25) is 0 Å². The van der Waals surface area contributed by atoms with Gasteiger partial charge in [-0.15, -0.1) is 0 Å². The molecule has 0 fully saturated rings. The van der Waals surface area contributed by atoms with Gasteiger partial charge in [-0.25, -0.2) is 9.78 Å². The third-order valence-electron chi connectivity index (χ3n) is 3.44. The Labute approximate surface area is 123 Å². The van der Waals surface area contributed by atoms with E-state index in [1.54, 1.807) is 12.1 Å². The molecule has 0 aliphatic carbocycles. The summed E-state index contributed by atoms with van der Waals surface area (Å²) >= 11 is 1.91. The molecule has 0 bridgehead atoms. The van der Waals surface area contributed by atoms with Gasteiger partial charge in [0, 0.05) is 6.04 Å². The van der Waals surface area contributed by atoms with Crippen molar-refractivity contribution in [1.82, 2.24) is 9.55 Å². The second-order valence-corrected chi connectivity index (χ2v) is 6.24. The first-order valence-electron chi connectivity index (χ1n) is 6.84. The molecule has 0 spiro atoms. The highest BCUT2D eigenvalue weighted by Crippen LogP contribution is 2.26. The Balaban J connectivity index is 2.46. The molecular weight excluding hydrogens is 272 g/mol. The van der Waals surface area contributed by atoms with Gasteiger partial charge < -0.3 is 9.67 Å². The van der Waals surface area contributed by atoms with Crippen molar-refractivity contribution in [2.45, 2.75) is 33.2 Å². The zero-order valence-corrected chi connectivity index (χ0v) is 12.9. The molecule has 0 radical (unpaired) electrons. The number of thioether (sulfide) groups is 1. The van der Waals surface area contributed by atoms with E-state index in [9.17, 15) is 9.90 Å². The molecule has 20 heavy (non-hydrogen) atoms. The topological polar surface area (TPSA) is 55.1 Å². The summed E-state index contributed by atoms with van der Waals surface area (Å²) in [7, 11) is 0. The van der Waals surface area contributed by atoms with E-state index in [-0.39, 0.29) is 6.04 Å². The number of fused-ring (bicyclic) bond motifs is 1. The van der Waals surface area contributed by atoms with Crippen LogP contribution in [0.15, 0.2) is 18.2 Å². The Morgan fingerprint density at radius 2 is 2.25 bits per heavy atom. The van der Waals surface area contributed by atoms with Crippen molar-refractivity contribution in [2.24, 2.45) is 0 Å². The smallest absolute Gasteiger partial charge is 0.337 e. The molecule has 0 saturated heterocycles. The highest BCUT2D eigenvalue weighted by Gasteiger charge is 2.18. The van der Waals surface area contributed by atoms with Gasteiger partial charge in [0.15, 0.2) is 0 Å². The first kappa shape index (κ1) is 14.9. The quantitative estimate of drug-likeness (QED) is 0.824. The Bertz CT molecular complexity index is 622. The van der Waals surface area contributed by atoms with E-state index in [0.717, 1.165) is 34.8 Å². The first-order chi connectivity index (χ1) is 9.56. The molecule has 1 heterocycles. The summed E-state index contributed by atoms with van der Waals surface area (Å²) in [5.41, 5.74) is 1.84. The van der Waals surface area contributed by atoms with E-state index < -0.39 is 5.97 Å². The predicted octanol–water partition coefficient (Wildman–Crippen LogP) is 3.75. The minimum Gasteiger partial charge on any atom is -0.478 e. The van der Waals surface area contributed by atoms with Gasteiger partial charge in [-0.2, -0.15) is 11.8 Å². The average Bonchev–Trinajstić information content (AvgIpc) is 2.74. The highest BCUT2D eigenvalue weighted by atomic mass is 32.2. The number of carbonyl (C=O) groups is 1. The summed E-state index contributed by atoms with van der Waals surface area (Å²) in [6.07, 6.45) is 1.01. The molecule has 2 rings (SSSR count).